The molecule has 1 aromatic carbocycles. The van der Waals surface area contributed by atoms with E-state index in [1.165, 1.54) is 16.7 Å². The van der Waals surface area contributed by atoms with Crippen LogP contribution in [0.1, 0.15) is 78.7 Å². The Hall–Kier alpha value is -4.72. The first kappa shape index (κ1) is 38.1. The van der Waals surface area contributed by atoms with E-state index in [2.05, 4.69) is 86.2 Å². The molecule has 0 bridgehead atoms. The van der Waals surface area contributed by atoms with Crippen LogP contribution < -0.4 is 5.32 Å². The molecule has 3 heterocycles. The number of nitrogens with zero attached hydrogens (tertiary/aromatic N) is 5. The largest absolute Gasteiger partial charge is 0.356 e. The molecule has 0 saturated carbocycles. The highest BCUT2D eigenvalue weighted by Gasteiger charge is 2.15. The number of aryl methyl sites for hydroxylation is 1. The minimum Gasteiger partial charge on any atom is -0.356 e. The van der Waals surface area contributed by atoms with Gasteiger partial charge in [-0.15, -0.1) is 13.2 Å². The topological polar surface area (TPSA) is 74.2 Å². The van der Waals surface area contributed by atoms with Gasteiger partial charge in [0.1, 0.15) is 0 Å². The average Bonchev–Trinajstić information content (AvgIpc) is 3.11. The molecular formula is C43H54N6O. The first-order valence-electron chi connectivity index (χ1n) is 17.9. The summed E-state index contributed by atoms with van der Waals surface area (Å²) in [7, 11) is 0. The molecule has 4 aromatic rings. The molecule has 1 N–H and O–H groups in total. The first-order chi connectivity index (χ1) is 24.5. The van der Waals surface area contributed by atoms with Gasteiger partial charge in [0.25, 0.3) is 0 Å². The molecule has 0 aliphatic heterocycles. The minimum atomic E-state index is 0.135. The van der Waals surface area contributed by atoms with E-state index < -0.39 is 0 Å². The third-order valence-electron chi connectivity index (χ3n) is 8.42. The molecule has 7 nitrogen and oxygen atoms in total. The van der Waals surface area contributed by atoms with Crippen molar-refractivity contribution in [2.45, 2.75) is 84.1 Å². The Kier molecular flexibility index (Phi) is 16.8. The Morgan fingerprint density at radius 3 is 1.76 bits per heavy atom. The van der Waals surface area contributed by atoms with Crippen molar-refractivity contribution in [1.82, 2.24) is 30.1 Å². The minimum absolute atomic E-state index is 0.135. The van der Waals surface area contributed by atoms with E-state index >= 15 is 0 Å². The highest BCUT2D eigenvalue weighted by molar-refractivity contribution is 5.75. The second kappa shape index (κ2) is 22.1. The second-order valence-corrected chi connectivity index (χ2v) is 13.0. The van der Waals surface area contributed by atoms with Gasteiger partial charge in [0.15, 0.2) is 0 Å². The van der Waals surface area contributed by atoms with Crippen LogP contribution in [-0.2, 0) is 43.9 Å². The summed E-state index contributed by atoms with van der Waals surface area (Å²) in [6.45, 7) is 17.2. The number of carbonyl (C=O) groups is 1. The van der Waals surface area contributed by atoms with Crippen molar-refractivity contribution in [3.05, 3.63) is 163 Å². The zero-order valence-corrected chi connectivity index (χ0v) is 29.7. The maximum atomic E-state index is 12.1. The third-order valence-corrected chi connectivity index (χ3v) is 8.42. The van der Waals surface area contributed by atoms with Gasteiger partial charge in [-0.2, -0.15) is 0 Å². The zero-order valence-electron chi connectivity index (χ0n) is 29.7. The Labute approximate surface area is 299 Å². The maximum absolute atomic E-state index is 12.1. The summed E-state index contributed by atoms with van der Waals surface area (Å²) in [5, 5.41) is 3.07. The molecule has 50 heavy (non-hydrogen) atoms. The standard InChI is InChI=1S/C43H54N6O/c1-4-6-8-22-43(50)47-26-13-7-9-18-37-27-38(31-48(30-36(3)17-5-2)33-40-19-10-14-23-44-40)29-39(28-37)32-49(34-41-20-11-15-24-45-41)35-42-21-12-16-25-46-42/h4-5,10-12,14-16,19-21,23-25,27-29H,1-3,6-9,13,17-18,22,26,30-35H2,(H,47,50). The van der Waals surface area contributed by atoms with Gasteiger partial charge in [0.05, 0.1) is 17.1 Å². The monoisotopic (exact) mass is 670 g/mol. The lowest BCUT2D eigenvalue weighted by atomic mass is 9.99. The van der Waals surface area contributed by atoms with Crippen molar-refractivity contribution < 1.29 is 4.79 Å². The number of carbonyl (C=O) groups excluding carboxylic acids is 1. The van der Waals surface area contributed by atoms with E-state index in [1.807, 2.05) is 67.1 Å². The predicted molar refractivity (Wildman–Crippen MR) is 205 cm³/mol. The Bertz CT molecular complexity index is 1550. The van der Waals surface area contributed by atoms with E-state index in [9.17, 15) is 4.79 Å². The van der Waals surface area contributed by atoms with Gasteiger partial charge in [-0.3, -0.25) is 29.5 Å². The van der Waals surface area contributed by atoms with Gasteiger partial charge in [-0.1, -0.05) is 67.1 Å². The number of rotatable bonds is 24. The number of hydrogen-bond acceptors (Lipinski definition) is 6. The molecule has 0 spiro atoms. The van der Waals surface area contributed by atoms with Crippen LogP contribution in [0.3, 0.4) is 0 Å². The van der Waals surface area contributed by atoms with Crippen molar-refractivity contribution in [2.75, 3.05) is 13.1 Å². The number of benzene rings is 1. The number of amides is 1. The second-order valence-electron chi connectivity index (χ2n) is 13.0. The summed E-state index contributed by atoms with van der Waals surface area (Å²) in [4.78, 5) is 30.8. The van der Waals surface area contributed by atoms with Gasteiger partial charge in [-0.05, 0) is 91.6 Å². The molecule has 7 heteroatoms. The van der Waals surface area contributed by atoms with Crippen molar-refractivity contribution in [3.63, 3.8) is 0 Å². The van der Waals surface area contributed by atoms with Crippen molar-refractivity contribution in [2.24, 2.45) is 0 Å². The fourth-order valence-electron chi connectivity index (χ4n) is 6.12. The summed E-state index contributed by atoms with van der Waals surface area (Å²) >= 11 is 0. The van der Waals surface area contributed by atoms with E-state index in [1.54, 1.807) is 0 Å². The zero-order chi connectivity index (χ0) is 35.2. The van der Waals surface area contributed by atoms with E-state index in [0.29, 0.717) is 6.42 Å². The molecule has 0 aliphatic rings. The van der Waals surface area contributed by atoms with Gasteiger partial charge in [0, 0.05) is 70.8 Å². The summed E-state index contributed by atoms with van der Waals surface area (Å²) < 4.78 is 0. The van der Waals surface area contributed by atoms with Gasteiger partial charge in [0.2, 0.25) is 5.91 Å². The molecule has 0 radical (unpaired) electrons. The summed E-state index contributed by atoms with van der Waals surface area (Å²) in [5.41, 5.74) is 8.15. The number of hydrogen-bond donors (Lipinski definition) is 1. The first-order valence-corrected chi connectivity index (χ1v) is 17.9. The Balaban J connectivity index is 1.52. The van der Waals surface area contributed by atoms with E-state index in [-0.39, 0.29) is 5.91 Å². The molecule has 3 aromatic heterocycles. The predicted octanol–water partition coefficient (Wildman–Crippen LogP) is 8.39. The molecule has 0 atom stereocenters. The number of unbranched alkanes of at least 4 members (excludes halogenated alkanes) is 3. The lowest BCUT2D eigenvalue weighted by Crippen LogP contribution is -2.26. The van der Waals surface area contributed by atoms with Crippen molar-refractivity contribution >= 4 is 5.91 Å². The number of allylic oxidation sites excluding steroid dienone is 2. The smallest absolute Gasteiger partial charge is 0.220 e. The van der Waals surface area contributed by atoms with Gasteiger partial charge >= 0.3 is 0 Å². The lowest BCUT2D eigenvalue weighted by Gasteiger charge is -2.25. The van der Waals surface area contributed by atoms with Gasteiger partial charge in [-0.25, -0.2) is 0 Å². The normalized spacial score (nSPS) is 11.1. The molecular weight excluding hydrogens is 617 g/mol. The quantitative estimate of drug-likeness (QED) is 0.0596. The lowest BCUT2D eigenvalue weighted by molar-refractivity contribution is -0.121. The number of pyridine rings is 3. The van der Waals surface area contributed by atoms with Gasteiger partial charge < -0.3 is 5.32 Å². The third kappa shape index (κ3) is 14.8. The number of aromatic nitrogens is 3. The average molecular weight is 671 g/mol. The highest BCUT2D eigenvalue weighted by Crippen LogP contribution is 2.21. The molecule has 1 amide bonds. The van der Waals surface area contributed by atoms with E-state index in [0.717, 1.165) is 113 Å². The Morgan fingerprint density at radius 1 is 0.660 bits per heavy atom. The van der Waals surface area contributed by atoms with Crippen LogP contribution in [0.15, 0.2) is 129 Å². The molecule has 0 saturated heterocycles. The van der Waals surface area contributed by atoms with Crippen LogP contribution in [0.4, 0.5) is 0 Å². The van der Waals surface area contributed by atoms with E-state index in [4.69, 9.17) is 0 Å². The van der Waals surface area contributed by atoms with Crippen LogP contribution in [0.25, 0.3) is 0 Å². The van der Waals surface area contributed by atoms with Crippen LogP contribution >= 0.6 is 0 Å². The molecule has 262 valence electrons. The summed E-state index contributed by atoms with van der Waals surface area (Å²) in [6.07, 6.45) is 16.5. The van der Waals surface area contributed by atoms with Crippen LogP contribution in [0.2, 0.25) is 0 Å². The molecule has 0 unspecified atom stereocenters. The molecule has 4 rings (SSSR count). The molecule has 0 fully saturated rings. The van der Waals surface area contributed by atoms with Crippen LogP contribution in [0.5, 0.6) is 0 Å². The van der Waals surface area contributed by atoms with Crippen molar-refractivity contribution in [1.29, 1.82) is 0 Å². The SMILES string of the molecule is C=CCCCC(=O)NCCCCCc1cc(CN(CC(=C)CC=C)Cc2ccccn2)cc(CN(Cc2ccccn2)Cc2ccccn2)c1. The fourth-order valence-corrected chi connectivity index (χ4v) is 6.12. The van der Waals surface area contributed by atoms with Crippen LogP contribution in [-0.4, -0.2) is 43.7 Å². The Morgan fingerprint density at radius 2 is 1.22 bits per heavy atom. The summed E-state index contributed by atoms with van der Waals surface area (Å²) in [5.74, 6) is 0.135. The maximum Gasteiger partial charge on any atom is 0.220 e. The van der Waals surface area contributed by atoms with Crippen LogP contribution in [0, 0.1) is 0 Å². The molecule has 0 aliphatic carbocycles. The highest BCUT2D eigenvalue weighted by atomic mass is 16.1. The number of nitrogens with one attached hydrogen (secondary N) is 1. The van der Waals surface area contributed by atoms with Crippen molar-refractivity contribution in [3.8, 4) is 0 Å². The summed E-state index contributed by atoms with van der Waals surface area (Å²) in [6, 6.07) is 25.4. The fraction of sp³-hybridized carbons (Fsp3) is 0.349.